The zero-order chi connectivity index (χ0) is 18.4. The Hall–Kier alpha value is -2.27. The minimum atomic E-state index is -0.607. The number of halogens is 2. The lowest BCUT2D eigenvalue weighted by atomic mass is 9.96. The Labute approximate surface area is 147 Å². The molecular weight excluding hydrogens is 322 g/mol. The molecule has 5 heteroatoms. The molecule has 1 N–H and O–H groups in total. The lowest BCUT2D eigenvalue weighted by Crippen LogP contribution is -2.38. The number of rotatable bonds is 7. The average Bonchev–Trinajstić information content (AvgIpc) is 2.55. The van der Waals surface area contributed by atoms with Gasteiger partial charge in [-0.3, -0.25) is 9.69 Å². The molecule has 0 aromatic heterocycles. The molecule has 0 radical (unpaired) electrons. The summed E-state index contributed by atoms with van der Waals surface area (Å²) in [6, 6.07) is 13.2. The van der Waals surface area contributed by atoms with Gasteiger partial charge in [0.15, 0.2) is 0 Å². The van der Waals surface area contributed by atoms with Gasteiger partial charge in [0.2, 0.25) is 5.91 Å². The van der Waals surface area contributed by atoms with Gasteiger partial charge in [0.25, 0.3) is 0 Å². The van der Waals surface area contributed by atoms with Gasteiger partial charge in [-0.25, -0.2) is 8.78 Å². The van der Waals surface area contributed by atoms with E-state index in [-0.39, 0.29) is 31.0 Å². The fourth-order valence-electron chi connectivity index (χ4n) is 2.76. The third-order valence-corrected chi connectivity index (χ3v) is 4.01. The molecule has 0 unspecified atom stereocenters. The van der Waals surface area contributed by atoms with Gasteiger partial charge in [0, 0.05) is 18.2 Å². The first kappa shape index (κ1) is 19.1. The number of carbonyl (C=O) groups excluding carboxylic acids is 1. The number of hydrogen-bond acceptors (Lipinski definition) is 2. The maximum Gasteiger partial charge on any atom is 0.234 e. The molecule has 3 nitrogen and oxygen atoms in total. The van der Waals surface area contributed by atoms with Gasteiger partial charge in [-0.15, -0.1) is 0 Å². The molecule has 0 saturated carbocycles. The van der Waals surface area contributed by atoms with Gasteiger partial charge in [0.05, 0.1) is 12.6 Å². The van der Waals surface area contributed by atoms with E-state index in [4.69, 9.17) is 0 Å². The van der Waals surface area contributed by atoms with Crippen LogP contribution in [0.25, 0.3) is 0 Å². The van der Waals surface area contributed by atoms with Crippen LogP contribution in [0.3, 0.4) is 0 Å². The summed E-state index contributed by atoms with van der Waals surface area (Å²) in [5.41, 5.74) is 1.42. The predicted octanol–water partition coefficient (Wildman–Crippen LogP) is 3.91. The Morgan fingerprint density at radius 3 is 2.40 bits per heavy atom. The first-order chi connectivity index (χ1) is 11.9. The molecule has 2 aromatic rings. The second kappa shape index (κ2) is 8.72. The number of benzene rings is 2. The molecule has 0 bridgehead atoms. The summed E-state index contributed by atoms with van der Waals surface area (Å²) in [7, 11) is 1.73. The molecule has 134 valence electrons. The van der Waals surface area contributed by atoms with Crippen LogP contribution in [0, 0.1) is 17.6 Å². The lowest BCUT2D eigenvalue weighted by Gasteiger charge is -2.24. The first-order valence-corrected chi connectivity index (χ1v) is 8.33. The summed E-state index contributed by atoms with van der Waals surface area (Å²) in [4.78, 5) is 14.1. The van der Waals surface area contributed by atoms with Gasteiger partial charge in [0.1, 0.15) is 11.6 Å². The standard InChI is InChI=1S/C20H24F2N2O/c1-14(2)20(15-7-5-4-6-8-15)23-19(25)13-24(3)12-16-9-10-17(21)11-18(16)22/h4-11,14,20H,12-13H2,1-3H3,(H,23,25)/t20-/m0/s1. The van der Waals surface area contributed by atoms with Crippen molar-refractivity contribution >= 4 is 5.91 Å². The predicted molar refractivity (Wildman–Crippen MR) is 94.9 cm³/mol. The maximum absolute atomic E-state index is 13.7. The van der Waals surface area contributed by atoms with Crippen molar-refractivity contribution in [2.45, 2.75) is 26.4 Å². The van der Waals surface area contributed by atoms with Crippen LogP contribution >= 0.6 is 0 Å². The first-order valence-electron chi connectivity index (χ1n) is 8.33. The zero-order valence-corrected chi connectivity index (χ0v) is 14.8. The molecule has 0 fully saturated rings. The van der Waals surface area contributed by atoms with Crippen molar-refractivity contribution in [3.63, 3.8) is 0 Å². The quantitative estimate of drug-likeness (QED) is 0.824. The molecular formula is C20H24F2N2O. The molecule has 0 aliphatic rings. The van der Waals surface area contributed by atoms with E-state index in [2.05, 4.69) is 19.2 Å². The topological polar surface area (TPSA) is 32.3 Å². The van der Waals surface area contributed by atoms with Crippen molar-refractivity contribution in [2.75, 3.05) is 13.6 Å². The molecule has 0 saturated heterocycles. The normalized spacial score (nSPS) is 12.4. The van der Waals surface area contributed by atoms with Crippen molar-refractivity contribution in [3.05, 3.63) is 71.3 Å². The molecule has 1 amide bonds. The van der Waals surface area contributed by atoms with Crippen molar-refractivity contribution in [1.29, 1.82) is 0 Å². The molecule has 0 aliphatic carbocycles. The van der Waals surface area contributed by atoms with Crippen LogP contribution in [-0.4, -0.2) is 24.4 Å². The summed E-state index contributed by atoms with van der Waals surface area (Å²) in [5, 5.41) is 3.04. The van der Waals surface area contributed by atoms with Crippen LogP contribution in [0.2, 0.25) is 0 Å². The number of nitrogens with zero attached hydrogens (tertiary/aromatic N) is 1. The minimum absolute atomic E-state index is 0.0790. The van der Waals surface area contributed by atoms with E-state index in [0.29, 0.717) is 5.56 Å². The Bertz CT molecular complexity index is 704. The van der Waals surface area contributed by atoms with E-state index in [1.54, 1.807) is 11.9 Å². The highest BCUT2D eigenvalue weighted by atomic mass is 19.1. The van der Waals surface area contributed by atoms with E-state index < -0.39 is 11.6 Å². The number of amides is 1. The van der Waals surface area contributed by atoms with Gasteiger partial charge >= 0.3 is 0 Å². The van der Waals surface area contributed by atoms with E-state index in [1.807, 2.05) is 30.3 Å². The third kappa shape index (κ3) is 5.64. The number of carbonyl (C=O) groups is 1. The van der Waals surface area contributed by atoms with Crippen molar-refractivity contribution in [3.8, 4) is 0 Å². The highest BCUT2D eigenvalue weighted by Crippen LogP contribution is 2.21. The summed E-state index contributed by atoms with van der Waals surface area (Å²) in [6.45, 7) is 4.47. The molecule has 2 rings (SSSR count). The molecule has 0 heterocycles. The van der Waals surface area contributed by atoms with Crippen LogP contribution in [-0.2, 0) is 11.3 Å². The second-order valence-electron chi connectivity index (χ2n) is 6.61. The van der Waals surface area contributed by atoms with E-state index in [9.17, 15) is 13.6 Å². The summed E-state index contributed by atoms with van der Waals surface area (Å²) in [5.74, 6) is -1.10. The Balaban J connectivity index is 1.96. The molecule has 2 aromatic carbocycles. The maximum atomic E-state index is 13.7. The Kier molecular flexibility index (Phi) is 6.65. The van der Waals surface area contributed by atoms with Gasteiger partial charge in [-0.05, 0) is 24.6 Å². The SMILES string of the molecule is CC(C)[C@H](NC(=O)CN(C)Cc1ccc(F)cc1F)c1ccccc1. The van der Waals surface area contributed by atoms with Crippen LogP contribution in [0.15, 0.2) is 48.5 Å². The lowest BCUT2D eigenvalue weighted by molar-refractivity contribution is -0.123. The highest BCUT2D eigenvalue weighted by Gasteiger charge is 2.19. The summed E-state index contributed by atoms with van der Waals surface area (Å²) >= 11 is 0. The smallest absolute Gasteiger partial charge is 0.234 e. The average molecular weight is 346 g/mol. The molecule has 0 aliphatic heterocycles. The van der Waals surface area contributed by atoms with Crippen molar-refractivity contribution in [2.24, 2.45) is 5.92 Å². The molecule has 25 heavy (non-hydrogen) atoms. The number of hydrogen-bond donors (Lipinski definition) is 1. The van der Waals surface area contributed by atoms with Crippen LogP contribution < -0.4 is 5.32 Å². The largest absolute Gasteiger partial charge is 0.348 e. The third-order valence-electron chi connectivity index (χ3n) is 4.01. The second-order valence-corrected chi connectivity index (χ2v) is 6.61. The van der Waals surface area contributed by atoms with Crippen LogP contribution in [0.1, 0.15) is 31.0 Å². The Morgan fingerprint density at radius 2 is 1.80 bits per heavy atom. The molecule has 0 spiro atoms. The monoisotopic (exact) mass is 346 g/mol. The highest BCUT2D eigenvalue weighted by molar-refractivity contribution is 5.78. The van der Waals surface area contributed by atoms with E-state index in [1.165, 1.54) is 12.1 Å². The Morgan fingerprint density at radius 1 is 1.12 bits per heavy atom. The minimum Gasteiger partial charge on any atom is -0.348 e. The van der Waals surface area contributed by atoms with Crippen molar-refractivity contribution in [1.82, 2.24) is 10.2 Å². The van der Waals surface area contributed by atoms with Gasteiger partial charge in [-0.2, -0.15) is 0 Å². The van der Waals surface area contributed by atoms with Crippen molar-refractivity contribution < 1.29 is 13.6 Å². The fourth-order valence-corrected chi connectivity index (χ4v) is 2.76. The van der Waals surface area contributed by atoms with Gasteiger partial charge < -0.3 is 5.32 Å². The fraction of sp³-hybridized carbons (Fsp3) is 0.350. The van der Waals surface area contributed by atoms with Crippen LogP contribution in [0.4, 0.5) is 8.78 Å². The number of likely N-dealkylation sites (N-methyl/N-ethyl adjacent to an activating group) is 1. The van der Waals surface area contributed by atoms with E-state index >= 15 is 0 Å². The molecule has 1 atom stereocenters. The summed E-state index contributed by atoms with van der Waals surface area (Å²) < 4.78 is 26.7. The van der Waals surface area contributed by atoms with E-state index in [0.717, 1.165) is 11.6 Å². The number of nitrogens with one attached hydrogen (secondary N) is 1. The van der Waals surface area contributed by atoms with Gasteiger partial charge in [-0.1, -0.05) is 50.2 Å². The zero-order valence-electron chi connectivity index (χ0n) is 14.8. The summed E-state index contributed by atoms with van der Waals surface area (Å²) in [6.07, 6.45) is 0. The van der Waals surface area contributed by atoms with Crippen LogP contribution in [0.5, 0.6) is 0 Å².